The number of phenols is 1. The molecule has 0 bridgehead atoms. The van der Waals surface area contributed by atoms with Gasteiger partial charge in [0.25, 0.3) is 0 Å². The Kier molecular flexibility index (Phi) is 5.15. The summed E-state index contributed by atoms with van der Waals surface area (Å²) in [6, 6.07) is 7.94. The number of aryl methyl sites for hydroxylation is 1. The van der Waals surface area contributed by atoms with Gasteiger partial charge in [-0.05, 0) is 37.5 Å². The summed E-state index contributed by atoms with van der Waals surface area (Å²) in [4.78, 5) is 5.82. The lowest BCUT2D eigenvalue weighted by molar-refractivity contribution is 0.452. The fraction of sp³-hybridized carbons (Fsp3) is 0.438. The molecule has 2 N–H and O–H groups in total. The van der Waals surface area contributed by atoms with E-state index in [0.717, 1.165) is 17.8 Å². The summed E-state index contributed by atoms with van der Waals surface area (Å²) in [7, 11) is 0. The van der Waals surface area contributed by atoms with Gasteiger partial charge in [-0.1, -0.05) is 26.0 Å². The van der Waals surface area contributed by atoms with Crippen LogP contribution in [0.3, 0.4) is 0 Å². The van der Waals surface area contributed by atoms with Crippen LogP contribution in [0.15, 0.2) is 30.5 Å². The molecule has 0 saturated carbocycles. The molecule has 0 aliphatic heterocycles. The van der Waals surface area contributed by atoms with Crippen LogP contribution in [0.1, 0.15) is 54.7 Å². The minimum absolute atomic E-state index is 0.235. The van der Waals surface area contributed by atoms with Crippen molar-refractivity contribution in [3.63, 3.8) is 0 Å². The molecular weight excluding hydrogens is 268 g/mol. The van der Waals surface area contributed by atoms with Crippen molar-refractivity contribution in [1.29, 1.82) is 0 Å². The lowest BCUT2D eigenvalue weighted by Gasteiger charge is -2.21. The van der Waals surface area contributed by atoms with Crippen LogP contribution >= 0.6 is 11.3 Å². The zero-order valence-electron chi connectivity index (χ0n) is 12.3. The number of hydrogen-bond acceptors (Lipinski definition) is 4. The van der Waals surface area contributed by atoms with Gasteiger partial charge < -0.3 is 10.4 Å². The number of aromatic nitrogens is 1. The van der Waals surface area contributed by atoms with Crippen molar-refractivity contribution < 1.29 is 5.11 Å². The van der Waals surface area contributed by atoms with Gasteiger partial charge in [0.1, 0.15) is 10.8 Å². The van der Waals surface area contributed by atoms with E-state index in [-0.39, 0.29) is 12.1 Å². The van der Waals surface area contributed by atoms with Crippen molar-refractivity contribution in [1.82, 2.24) is 10.3 Å². The van der Waals surface area contributed by atoms with E-state index in [1.807, 2.05) is 18.3 Å². The van der Waals surface area contributed by atoms with Crippen LogP contribution in [0.5, 0.6) is 5.75 Å². The van der Waals surface area contributed by atoms with Gasteiger partial charge >= 0.3 is 0 Å². The maximum Gasteiger partial charge on any atom is 0.115 e. The van der Waals surface area contributed by atoms with Crippen molar-refractivity contribution in [3.05, 3.63) is 45.9 Å². The number of benzene rings is 1. The Morgan fingerprint density at radius 2 is 1.95 bits per heavy atom. The third-order valence-electron chi connectivity index (χ3n) is 3.45. The topological polar surface area (TPSA) is 45.2 Å². The molecule has 2 atom stereocenters. The summed E-state index contributed by atoms with van der Waals surface area (Å²) in [5.74, 6) is 0.309. The molecule has 1 heterocycles. The van der Waals surface area contributed by atoms with Crippen LogP contribution < -0.4 is 5.32 Å². The second kappa shape index (κ2) is 6.86. The lowest BCUT2D eigenvalue weighted by atomic mass is 10.0. The van der Waals surface area contributed by atoms with Crippen molar-refractivity contribution in [2.24, 2.45) is 0 Å². The van der Waals surface area contributed by atoms with E-state index in [1.54, 1.807) is 23.5 Å². The standard InChI is InChI=1S/C16H22N2OS/c1-4-14-10-17-16(20-14)11(3)18-15(5-2)12-6-8-13(19)9-7-12/h6-11,15,18-19H,4-5H2,1-3H3. The number of nitrogens with zero attached hydrogens (tertiary/aromatic N) is 1. The first-order valence-electron chi connectivity index (χ1n) is 7.13. The molecule has 2 unspecified atom stereocenters. The molecule has 4 heteroatoms. The van der Waals surface area contributed by atoms with Crippen molar-refractivity contribution in [2.45, 2.75) is 45.7 Å². The molecule has 108 valence electrons. The predicted molar refractivity (Wildman–Crippen MR) is 84.2 cm³/mol. The number of aromatic hydroxyl groups is 1. The van der Waals surface area contributed by atoms with Crippen LogP contribution in [0, 0.1) is 0 Å². The number of hydrogen-bond donors (Lipinski definition) is 2. The summed E-state index contributed by atoms with van der Waals surface area (Å²) in [6.45, 7) is 6.47. The molecule has 0 aliphatic rings. The van der Waals surface area contributed by atoms with Crippen LogP contribution in [-0.4, -0.2) is 10.1 Å². The highest BCUT2D eigenvalue weighted by Crippen LogP contribution is 2.26. The Morgan fingerprint density at radius 1 is 1.25 bits per heavy atom. The third-order valence-corrected chi connectivity index (χ3v) is 4.77. The van der Waals surface area contributed by atoms with Crippen LogP contribution in [0.25, 0.3) is 0 Å². The van der Waals surface area contributed by atoms with E-state index in [2.05, 4.69) is 31.1 Å². The largest absolute Gasteiger partial charge is 0.508 e. The van der Waals surface area contributed by atoms with Gasteiger partial charge in [-0.3, -0.25) is 0 Å². The van der Waals surface area contributed by atoms with Crippen LogP contribution in [0.4, 0.5) is 0 Å². The Hall–Kier alpha value is -1.39. The van der Waals surface area contributed by atoms with Gasteiger partial charge in [0.2, 0.25) is 0 Å². The van der Waals surface area contributed by atoms with Crippen LogP contribution in [-0.2, 0) is 6.42 Å². The third kappa shape index (κ3) is 3.58. The summed E-state index contributed by atoms with van der Waals surface area (Å²) >= 11 is 1.78. The zero-order chi connectivity index (χ0) is 14.5. The van der Waals surface area contributed by atoms with E-state index in [9.17, 15) is 5.11 Å². The van der Waals surface area contributed by atoms with Gasteiger partial charge in [0.15, 0.2) is 0 Å². The van der Waals surface area contributed by atoms with Crippen molar-refractivity contribution in [3.8, 4) is 5.75 Å². The molecule has 0 radical (unpaired) electrons. The highest BCUT2D eigenvalue weighted by Gasteiger charge is 2.16. The first kappa shape index (κ1) is 15.0. The molecule has 3 nitrogen and oxygen atoms in total. The molecule has 2 aromatic rings. The molecule has 0 saturated heterocycles. The minimum Gasteiger partial charge on any atom is -0.508 e. The summed E-state index contributed by atoms with van der Waals surface area (Å²) in [5, 5.41) is 14.1. The highest BCUT2D eigenvalue weighted by atomic mass is 32.1. The van der Waals surface area contributed by atoms with E-state index in [1.165, 1.54) is 10.4 Å². The van der Waals surface area contributed by atoms with Gasteiger partial charge in [-0.25, -0.2) is 4.98 Å². The van der Waals surface area contributed by atoms with Gasteiger partial charge in [0, 0.05) is 17.1 Å². The Labute approximate surface area is 124 Å². The SMILES string of the molecule is CCc1cnc(C(C)NC(CC)c2ccc(O)cc2)s1. The summed E-state index contributed by atoms with van der Waals surface area (Å²) in [5.41, 5.74) is 1.20. The van der Waals surface area contributed by atoms with E-state index < -0.39 is 0 Å². The number of thiazole rings is 1. The molecule has 1 aromatic heterocycles. The van der Waals surface area contributed by atoms with Gasteiger partial charge in [-0.15, -0.1) is 11.3 Å². The lowest BCUT2D eigenvalue weighted by Crippen LogP contribution is -2.24. The van der Waals surface area contributed by atoms with Crippen molar-refractivity contribution in [2.75, 3.05) is 0 Å². The minimum atomic E-state index is 0.235. The fourth-order valence-corrected chi connectivity index (χ4v) is 3.08. The molecule has 0 spiro atoms. The number of phenolic OH excluding ortho intramolecular Hbond substituents is 1. The first-order valence-corrected chi connectivity index (χ1v) is 7.95. The first-order chi connectivity index (χ1) is 9.63. The Bertz CT molecular complexity index is 536. The molecule has 20 heavy (non-hydrogen) atoms. The number of nitrogens with one attached hydrogen (secondary N) is 1. The molecule has 2 rings (SSSR count). The molecular formula is C16H22N2OS. The van der Waals surface area contributed by atoms with E-state index >= 15 is 0 Å². The average Bonchev–Trinajstić information content (AvgIpc) is 2.94. The van der Waals surface area contributed by atoms with E-state index in [0.29, 0.717) is 5.75 Å². The van der Waals surface area contributed by atoms with Gasteiger partial charge in [-0.2, -0.15) is 0 Å². The average molecular weight is 290 g/mol. The summed E-state index contributed by atoms with van der Waals surface area (Å²) in [6.07, 6.45) is 4.01. The molecule has 1 aromatic carbocycles. The maximum atomic E-state index is 9.37. The smallest absolute Gasteiger partial charge is 0.115 e. The normalized spacial score (nSPS) is 14.2. The summed E-state index contributed by atoms with van der Waals surface area (Å²) < 4.78 is 0. The fourth-order valence-electron chi connectivity index (χ4n) is 2.22. The Balaban J connectivity index is 2.07. The Morgan fingerprint density at radius 3 is 2.50 bits per heavy atom. The molecule has 0 fully saturated rings. The van der Waals surface area contributed by atoms with Crippen LogP contribution in [0.2, 0.25) is 0 Å². The molecule has 0 amide bonds. The predicted octanol–water partition coefficient (Wildman–Crippen LogP) is 4.21. The van der Waals surface area contributed by atoms with Gasteiger partial charge in [0.05, 0.1) is 6.04 Å². The molecule has 0 aliphatic carbocycles. The maximum absolute atomic E-state index is 9.37. The second-order valence-electron chi connectivity index (χ2n) is 4.96. The highest BCUT2D eigenvalue weighted by molar-refractivity contribution is 7.11. The number of rotatable bonds is 6. The monoisotopic (exact) mass is 290 g/mol. The quantitative estimate of drug-likeness (QED) is 0.837. The van der Waals surface area contributed by atoms with Crippen molar-refractivity contribution >= 4 is 11.3 Å². The second-order valence-corrected chi connectivity index (χ2v) is 6.11. The zero-order valence-corrected chi connectivity index (χ0v) is 13.1. The van der Waals surface area contributed by atoms with E-state index in [4.69, 9.17) is 0 Å².